The molecule has 0 unspecified atom stereocenters. The Kier molecular flexibility index (Phi) is 4.55. The van der Waals surface area contributed by atoms with E-state index in [1.54, 1.807) is 0 Å². The third kappa shape index (κ3) is 3.75. The van der Waals surface area contributed by atoms with Crippen molar-refractivity contribution in [1.82, 2.24) is 19.9 Å². The highest BCUT2D eigenvalue weighted by molar-refractivity contribution is 6.31. The molecule has 6 nitrogen and oxygen atoms in total. The van der Waals surface area contributed by atoms with Gasteiger partial charge in [0.15, 0.2) is 0 Å². The third-order valence-electron chi connectivity index (χ3n) is 4.37. The molecule has 0 radical (unpaired) electrons. The van der Waals surface area contributed by atoms with Crippen molar-refractivity contribution in [3.63, 3.8) is 0 Å². The molecule has 0 spiro atoms. The Morgan fingerprint density at radius 3 is 3.04 bits per heavy atom. The first-order valence-electron chi connectivity index (χ1n) is 8.49. The van der Waals surface area contributed by atoms with Crippen LogP contribution in [0.2, 0.25) is 5.02 Å². The minimum Gasteiger partial charge on any atom is -0.381 e. The number of aromatic nitrogens is 4. The van der Waals surface area contributed by atoms with Crippen molar-refractivity contribution >= 4 is 28.5 Å². The number of imidazole rings is 1. The number of benzene rings is 1. The maximum atomic E-state index is 6.01. The Hall–Kier alpha value is -2.18. The number of hydrogen-bond donors (Lipinski definition) is 2. The van der Waals surface area contributed by atoms with E-state index in [2.05, 4.69) is 25.3 Å². The van der Waals surface area contributed by atoms with Crippen LogP contribution in [-0.2, 0) is 11.2 Å². The number of ether oxygens (including phenoxy) is 1. The van der Waals surface area contributed by atoms with E-state index in [-0.39, 0.29) is 0 Å². The van der Waals surface area contributed by atoms with Crippen LogP contribution < -0.4 is 5.32 Å². The van der Waals surface area contributed by atoms with Gasteiger partial charge in [0.1, 0.15) is 17.5 Å². The topological polar surface area (TPSA) is 75.7 Å². The Balaban J connectivity index is 1.42. The first-order chi connectivity index (χ1) is 12.2. The normalized spacial score (nSPS) is 17.3. The minimum atomic E-state index is 0.377. The monoisotopic (exact) mass is 357 g/mol. The summed E-state index contributed by atoms with van der Waals surface area (Å²) in [7, 11) is 0. The molecule has 2 N–H and O–H groups in total. The highest BCUT2D eigenvalue weighted by Gasteiger charge is 2.20. The number of nitrogens with zero attached hydrogens (tertiary/aromatic N) is 3. The van der Waals surface area contributed by atoms with Crippen molar-refractivity contribution in [2.75, 3.05) is 25.1 Å². The summed E-state index contributed by atoms with van der Waals surface area (Å²) >= 11 is 6.01. The van der Waals surface area contributed by atoms with Gasteiger partial charge >= 0.3 is 0 Å². The Morgan fingerprint density at radius 2 is 2.20 bits per heavy atom. The number of aryl methyl sites for hydroxylation is 1. The summed E-state index contributed by atoms with van der Waals surface area (Å²) in [6.07, 6.45) is 1.80. The van der Waals surface area contributed by atoms with Gasteiger partial charge in [0.05, 0.1) is 23.3 Å². The average molecular weight is 358 g/mol. The van der Waals surface area contributed by atoms with E-state index in [1.165, 1.54) is 0 Å². The number of aromatic amines is 1. The molecule has 3 aromatic rings. The van der Waals surface area contributed by atoms with E-state index in [1.807, 2.05) is 31.2 Å². The van der Waals surface area contributed by atoms with Crippen molar-refractivity contribution in [3.8, 4) is 0 Å². The van der Waals surface area contributed by atoms with Gasteiger partial charge in [-0.2, -0.15) is 0 Å². The standard InChI is InChI=1S/C18H20ClN5O/c1-11-21-15(12-5-7-25-10-12)9-18(22-11)20-6-4-17-23-14-3-2-13(19)8-16(14)24-17/h2-3,8-9,12H,4-7,10H2,1H3,(H,23,24)(H,20,21,22)/t12-/m1/s1. The van der Waals surface area contributed by atoms with E-state index in [4.69, 9.17) is 16.3 Å². The first kappa shape index (κ1) is 16.3. The SMILES string of the molecule is Cc1nc(NCCc2nc3ccc(Cl)cc3[nH]2)cc([C@@H]2CCOC2)n1. The molecular formula is C18H20ClN5O. The summed E-state index contributed by atoms with van der Waals surface area (Å²) in [5, 5.41) is 4.08. The molecule has 1 fully saturated rings. The Bertz CT molecular complexity index is 888. The highest BCUT2D eigenvalue weighted by Crippen LogP contribution is 2.25. The Morgan fingerprint density at radius 1 is 1.28 bits per heavy atom. The molecule has 1 atom stereocenters. The lowest BCUT2D eigenvalue weighted by molar-refractivity contribution is 0.193. The fourth-order valence-corrected chi connectivity index (χ4v) is 3.29. The summed E-state index contributed by atoms with van der Waals surface area (Å²) in [5.41, 5.74) is 2.95. The first-order valence-corrected chi connectivity index (χ1v) is 8.86. The van der Waals surface area contributed by atoms with Gasteiger partial charge in [0.25, 0.3) is 0 Å². The highest BCUT2D eigenvalue weighted by atomic mass is 35.5. The molecule has 0 amide bonds. The molecule has 4 rings (SSSR count). The molecule has 1 aromatic carbocycles. The lowest BCUT2D eigenvalue weighted by Crippen LogP contribution is -2.10. The molecule has 3 heterocycles. The number of rotatable bonds is 5. The van der Waals surface area contributed by atoms with Crippen molar-refractivity contribution in [3.05, 3.63) is 46.6 Å². The molecule has 130 valence electrons. The molecule has 0 saturated carbocycles. The molecule has 0 aliphatic carbocycles. The largest absolute Gasteiger partial charge is 0.381 e. The zero-order valence-corrected chi connectivity index (χ0v) is 14.8. The van der Waals surface area contributed by atoms with E-state index >= 15 is 0 Å². The predicted octanol–water partition coefficient (Wildman–Crippen LogP) is 3.47. The number of fused-ring (bicyclic) bond motifs is 1. The molecule has 1 aliphatic heterocycles. The summed E-state index contributed by atoms with van der Waals surface area (Å²) in [5.74, 6) is 2.95. The second kappa shape index (κ2) is 6.98. The van der Waals surface area contributed by atoms with Crippen molar-refractivity contribution in [1.29, 1.82) is 0 Å². The summed E-state index contributed by atoms with van der Waals surface area (Å²) in [4.78, 5) is 16.9. The zero-order valence-electron chi connectivity index (χ0n) is 14.1. The fourth-order valence-electron chi connectivity index (χ4n) is 3.12. The lowest BCUT2D eigenvalue weighted by Gasteiger charge is -2.11. The van der Waals surface area contributed by atoms with Crippen molar-refractivity contribution < 1.29 is 4.74 Å². The van der Waals surface area contributed by atoms with Crippen molar-refractivity contribution in [2.24, 2.45) is 0 Å². The van der Waals surface area contributed by atoms with Crippen LogP contribution in [0.25, 0.3) is 11.0 Å². The van der Waals surface area contributed by atoms with Gasteiger partial charge in [-0.25, -0.2) is 15.0 Å². The van der Waals surface area contributed by atoms with Gasteiger partial charge in [-0.05, 0) is 31.5 Å². The van der Waals surface area contributed by atoms with Crippen LogP contribution in [0.3, 0.4) is 0 Å². The predicted molar refractivity (Wildman–Crippen MR) is 98.2 cm³/mol. The summed E-state index contributed by atoms with van der Waals surface area (Å²) in [6, 6.07) is 7.70. The molecular weight excluding hydrogens is 338 g/mol. The molecule has 1 aliphatic rings. The van der Waals surface area contributed by atoms with Crippen LogP contribution in [0, 0.1) is 6.92 Å². The fraction of sp³-hybridized carbons (Fsp3) is 0.389. The van der Waals surface area contributed by atoms with Crippen LogP contribution in [0.15, 0.2) is 24.3 Å². The van der Waals surface area contributed by atoms with Crippen LogP contribution in [0.1, 0.15) is 29.7 Å². The van der Waals surface area contributed by atoms with Crippen LogP contribution in [0.4, 0.5) is 5.82 Å². The van der Waals surface area contributed by atoms with Crippen LogP contribution >= 0.6 is 11.6 Å². The average Bonchev–Trinajstić information content (AvgIpc) is 3.23. The van der Waals surface area contributed by atoms with Gasteiger partial charge < -0.3 is 15.0 Å². The number of halogens is 1. The zero-order chi connectivity index (χ0) is 17.2. The van der Waals surface area contributed by atoms with E-state index < -0.39 is 0 Å². The van der Waals surface area contributed by atoms with E-state index in [9.17, 15) is 0 Å². The van der Waals surface area contributed by atoms with E-state index in [0.717, 1.165) is 66.8 Å². The number of anilines is 1. The maximum Gasteiger partial charge on any atom is 0.129 e. The smallest absolute Gasteiger partial charge is 0.129 e. The number of H-pyrrole nitrogens is 1. The third-order valence-corrected chi connectivity index (χ3v) is 4.60. The van der Waals surface area contributed by atoms with Gasteiger partial charge in [-0.15, -0.1) is 0 Å². The second-order valence-electron chi connectivity index (χ2n) is 6.31. The maximum absolute atomic E-state index is 6.01. The molecule has 7 heteroatoms. The Labute approximate surface area is 151 Å². The summed E-state index contributed by atoms with van der Waals surface area (Å²) in [6.45, 7) is 4.22. The summed E-state index contributed by atoms with van der Waals surface area (Å²) < 4.78 is 5.46. The minimum absolute atomic E-state index is 0.377. The number of hydrogen-bond acceptors (Lipinski definition) is 5. The van der Waals surface area contributed by atoms with Gasteiger partial charge in [-0.3, -0.25) is 0 Å². The van der Waals surface area contributed by atoms with Gasteiger partial charge in [-0.1, -0.05) is 11.6 Å². The van der Waals surface area contributed by atoms with Crippen LogP contribution in [0.5, 0.6) is 0 Å². The van der Waals surface area contributed by atoms with E-state index in [0.29, 0.717) is 10.9 Å². The molecule has 1 saturated heterocycles. The second-order valence-corrected chi connectivity index (χ2v) is 6.74. The van der Waals surface area contributed by atoms with Gasteiger partial charge in [0.2, 0.25) is 0 Å². The van der Waals surface area contributed by atoms with Crippen LogP contribution in [-0.4, -0.2) is 39.7 Å². The quantitative estimate of drug-likeness (QED) is 0.731. The van der Waals surface area contributed by atoms with Crippen molar-refractivity contribution in [2.45, 2.75) is 25.7 Å². The molecule has 0 bridgehead atoms. The lowest BCUT2D eigenvalue weighted by atomic mass is 10.0. The molecule has 25 heavy (non-hydrogen) atoms. The molecule has 2 aromatic heterocycles. The van der Waals surface area contributed by atoms with Gasteiger partial charge in [0, 0.05) is 36.6 Å². The number of nitrogens with one attached hydrogen (secondary N) is 2.